The van der Waals surface area contributed by atoms with Crippen molar-refractivity contribution in [1.29, 1.82) is 0 Å². The van der Waals surface area contributed by atoms with Crippen LogP contribution in [0.4, 0.5) is 10.1 Å². The Hall–Kier alpha value is -3.69. The normalized spacial score (nSPS) is 23.1. The van der Waals surface area contributed by atoms with Crippen LogP contribution in [-0.2, 0) is 4.74 Å². The number of piperazine rings is 1. The number of fused-ring (bicyclic) bond motifs is 8. The molecular formula is C29H28FN5O3. The average Bonchev–Trinajstić information content (AvgIpc) is 3.61. The van der Waals surface area contributed by atoms with Crippen molar-refractivity contribution < 1.29 is 18.6 Å². The van der Waals surface area contributed by atoms with Gasteiger partial charge in [0.15, 0.2) is 0 Å². The molecule has 0 unspecified atom stereocenters. The molecule has 1 N–H and O–H groups in total. The first-order chi connectivity index (χ1) is 18.7. The van der Waals surface area contributed by atoms with Gasteiger partial charge in [-0.05, 0) is 36.8 Å². The minimum Gasteiger partial charge on any atom is -0.493 e. The zero-order chi connectivity index (χ0) is 25.2. The standard InChI is InChI=1S/C29H28FN5O3/c30-22-3-1-4-26-28(22)23-11-21-24(12-31-23)32-33-29(21)17-5-6-25(27(9-17)38-8-2-7-37-26)35-14-18-10-19(35)13-34(18)20-15-36-16-20/h1,3-6,9,11-12,18-20H,2,7-8,10,13-16H2,(H,32,33)/t18-,19-/m0/s1. The molecule has 9 heteroatoms. The molecule has 4 aliphatic rings. The van der Waals surface area contributed by atoms with E-state index >= 15 is 0 Å². The maximum atomic E-state index is 15.0. The van der Waals surface area contributed by atoms with Crippen LogP contribution in [0.25, 0.3) is 33.4 Å². The smallest absolute Gasteiger partial charge is 0.143 e. The topological polar surface area (TPSA) is 75.7 Å². The summed E-state index contributed by atoms with van der Waals surface area (Å²) in [5, 5.41) is 8.57. The molecule has 2 atom stereocenters. The highest BCUT2D eigenvalue weighted by Gasteiger charge is 2.47. The van der Waals surface area contributed by atoms with Crippen LogP contribution in [0.5, 0.6) is 11.5 Å². The molecule has 0 spiro atoms. The Morgan fingerprint density at radius 1 is 0.947 bits per heavy atom. The number of nitrogens with one attached hydrogen (secondary N) is 1. The van der Waals surface area contributed by atoms with Crippen molar-refractivity contribution in [3.63, 3.8) is 0 Å². The van der Waals surface area contributed by atoms with Crippen molar-refractivity contribution in [2.75, 3.05) is 44.4 Å². The summed E-state index contributed by atoms with van der Waals surface area (Å²) in [6.45, 7) is 4.71. The third kappa shape index (κ3) is 3.49. The summed E-state index contributed by atoms with van der Waals surface area (Å²) in [6.07, 6.45) is 3.55. The Morgan fingerprint density at radius 3 is 2.66 bits per heavy atom. The molecule has 2 aromatic heterocycles. The summed E-state index contributed by atoms with van der Waals surface area (Å²) < 4.78 is 32.9. The fourth-order valence-electron chi connectivity index (χ4n) is 6.44. The summed E-state index contributed by atoms with van der Waals surface area (Å²) in [6, 6.07) is 14.8. The van der Waals surface area contributed by atoms with Gasteiger partial charge in [-0.25, -0.2) is 4.39 Å². The third-order valence-corrected chi connectivity index (χ3v) is 8.40. The van der Waals surface area contributed by atoms with E-state index in [-0.39, 0.29) is 5.82 Å². The van der Waals surface area contributed by atoms with E-state index in [2.05, 4.69) is 43.2 Å². The lowest BCUT2D eigenvalue weighted by atomic mass is 10.0. The van der Waals surface area contributed by atoms with Crippen LogP contribution < -0.4 is 14.4 Å². The predicted octanol–water partition coefficient (Wildman–Crippen LogP) is 4.25. The Morgan fingerprint density at radius 2 is 1.84 bits per heavy atom. The number of halogens is 1. The molecule has 3 fully saturated rings. The van der Waals surface area contributed by atoms with Crippen molar-refractivity contribution in [2.45, 2.75) is 31.0 Å². The van der Waals surface area contributed by atoms with E-state index in [1.807, 2.05) is 6.07 Å². The van der Waals surface area contributed by atoms with Crippen LogP contribution in [0.1, 0.15) is 12.8 Å². The summed E-state index contributed by atoms with van der Waals surface area (Å²) in [7, 11) is 0. The van der Waals surface area contributed by atoms with Crippen LogP contribution in [0.3, 0.4) is 0 Å². The largest absolute Gasteiger partial charge is 0.493 e. The van der Waals surface area contributed by atoms with Crippen LogP contribution >= 0.6 is 0 Å². The first-order valence-corrected chi connectivity index (χ1v) is 13.4. The quantitative estimate of drug-likeness (QED) is 0.429. The maximum absolute atomic E-state index is 15.0. The average molecular weight is 514 g/mol. The number of H-pyrrole nitrogens is 1. The second-order valence-electron chi connectivity index (χ2n) is 10.6. The first kappa shape index (κ1) is 22.3. The molecule has 0 amide bonds. The molecule has 8 rings (SSSR count). The molecule has 0 aliphatic carbocycles. The van der Waals surface area contributed by atoms with Crippen LogP contribution in [0.2, 0.25) is 0 Å². The minimum absolute atomic E-state index is 0.363. The summed E-state index contributed by atoms with van der Waals surface area (Å²) in [5.74, 6) is 0.980. The molecule has 2 aromatic carbocycles. The van der Waals surface area contributed by atoms with Gasteiger partial charge in [0.1, 0.15) is 23.0 Å². The highest BCUT2D eigenvalue weighted by molar-refractivity contribution is 5.95. The number of aromatic amines is 1. The van der Waals surface area contributed by atoms with Gasteiger partial charge < -0.3 is 19.1 Å². The van der Waals surface area contributed by atoms with E-state index < -0.39 is 0 Å². The lowest BCUT2D eigenvalue weighted by molar-refractivity contribution is -0.0708. The van der Waals surface area contributed by atoms with Gasteiger partial charge in [0.25, 0.3) is 0 Å². The number of pyridine rings is 1. The van der Waals surface area contributed by atoms with E-state index in [0.29, 0.717) is 54.8 Å². The molecule has 38 heavy (non-hydrogen) atoms. The maximum Gasteiger partial charge on any atom is 0.143 e. The summed E-state index contributed by atoms with van der Waals surface area (Å²) in [4.78, 5) is 9.68. The lowest BCUT2D eigenvalue weighted by Crippen LogP contribution is -2.56. The van der Waals surface area contributed by atoms with E-state index in [4.69, 9.17) is 14.2 Å². The second-order valence-corrected chi connectivity index (χ2v) is 10.6. The van der Waals surface area contributed by atoms with Gasteiger partial charge in [-0.15, -0.1) is 0 Å². The molecular weight excluding hydrogens is 485 g/mol. The number of hydrogen-bond acceptors (Lipinski definition) is 7. The molecule has 0 radical (unpaired) electrons. The Balaban J connectivity index is 1.19. The van der Waals surface area contributed by atoms with Crippen LogP contribution in [0, 0.1) is 5.82 Å². The highest BCUT2D eigenvalue weighted by Crippen LogP contribution is 2.43. The Labute approximate surface area is 219 Å². The zero-order valence-corrected chi connectivity index (χ0v) is 20.9. The SMILES string of the molecule is Fc1cccc2c1-c1cc3c(n[nH]c3cn1)-c1ccc(N3C[C@@H]4C[C@H]3CN4C3COC3)c(c1)OCCCO2. The van der Waals surface area contributed by atoms with Gasteiger partial charge in [0, 0.05) is 42.5 Å². The number of anilines is 1. The number of likely N-dealkylation sites (tertiary alicyclic amines) is 1. The van der Waals surface area contributed by atoms with Crippen molar-refractivity contribution in [1.82, 2.24) is 20.1 Å². The minimum atomic E-state index is -0.363. The second kappa shape index (κ2) is 8.68. The molecule has 4 aliphatic heterocycles. The third-order valence-electron chi connectivity index (χ3n) is 8.40. The van der Waals surface area contributed by atoms with Crippen molar-refractivity contribution >= 4 is 16.6 Å². The van der Waals surface area contributed by atoms with Crippen LogP contribution in [-0.4, -0.2) is 77.7 Å². The number of rotatable bonds is 2. The van der Waals surface area contributed by atoms with E-state index in [0.717, 1.165) is 59.9 Å². The molecule has 0 saturated carbocycles. The molecule has 6 bridgehead atoms. The van der Waals surface area contributed by atoms with E-state index in [1.165, 1.54) is 12.5 Å². The van der Waals surface area contributed by atoms with Gasteiger partial charge in [-0.3, -0.25) is 15.0 Å². The number of aromatic nitrogens is 3. The number of ether oxygens (including phenoxy) is 3. The molecule has 4 aromatic rings. The Bertz CT molecular complexity index is 1540. The fourth-order valence-corrected chi connectivity index (χ4v) is 6.44. The monoisotopic (exact) mass is 513 g/mol. The van der Waals surface area contributed by atoms with Crippen molar-refractivity contribution in [3.8, 4) is 34.0 Å². The number of hydrogen-bond donors (Lipinski definition) is 1. The summed E-state index contributed by atoms with van der Waals surface area (Å²) in [5.41, 5.74) is 4.54. The zero-order valence-electron chi connectivity index (χ0n) is 20.9. The summed E-state index contributed by atoms with van der Waals surface area (Å²) >= 11 is 0. The Kier molecular flexibility index (Phi) is 5.09. The van der Waals surface area contributed by atoms with Gasteiger partial charge in [0.05, 0.1) is 61.1 Å². The number of benzene rings is 2. The van der Waals surface area contributed by atoms with Crippen molar-refractivity contribution in [3.05, 3.63) is 54.5 Å². The fraction of sp³-hybridized carbons (Fsp3) is 0.379. The molecule has 8 nitrogen and oxygen atoms in total. The van der Waals surface area contributed by atoms with E-state index in [9.17, 15) is 4.39 Å². The van der Waals surface area contributed by atoms with Gasteiger partial charge >= 0.3 is 0 Å². The van der Waals surface area contributed by atoms with Gasteiger partial charge in [0.2, 0.25) is 0 Å². The van der Waals surface area contributed by atoms with E-state index in [1.54, 1.807) is 18.3 Å². The highest BCUT2D eigenvalue weighted by atomic mass is 19.1. The molecule has 6 heterocycles. The molecule has 3 saturated heterocycles. The predicted molar refractivity (Wildman–Crippen MR) is 141 cm³/mol. The lowest BCUT2D eigenvalue weighted by Gasteiger charge is -2.43. The van der Waals surface area contributed by atoms with Gasteiger partial charge in [-0.2, -0.15) is 5.10 Å². The van der Waals surface area contributed by atoms with Gasteiger partial charge in [-0.1, -0.05) is 12.1 Å². The number of nitrogens with zero attached hydrogens (tertiary/aromatic N) is 4. The van der Waals surface area contributed by atoms with Crippen molar-refractivity contribution in [2.24, 2.45) is 0 Å². The van der Waals surface area contributed by atoms with Crippen LogP contribution in [0.15, 0.2) is 48.7 Å². The first-order valence-electron chi connectivity index (χ1n) is 13.4. The molecule has 194 valence electrons.